The fourth-order valence-corrected chi connectivity index (χ4v) is 3.93. The molecule has 0 amide bonds. The SMILES string of the molecule is CC(C)(C)c1ccc(C(=O)OC(OC(=O)c2ccc3ccccc3c2)(C(F)(F)F)C(F)(F)S(=O)(=O)O)cc1. The maximum atomic E-state index is 14.9. The quantitative estimate of drug-likeness (QED) is 0.173. The molecule has 3 aromatic carbocycles. The molecule has 0 saturated carbocycles. The zero-order chi connectivity index (χ0) is 28.7. The van der Waals surface area contributed by atoms with Gasteiger partial charge in [0.2, 0.25) is 0 Å². The predicted octanol–water partition coefficient (Wildman–Crippen LogP) is 5.89. The molecule has 1 unspecified atom stereocenters. The lowest BCUT2D eigenvalue weighted by Crippen LogP contribution is -2.66. The van der Waals surface area contributed by atoms with E-state index in [0.717, 1.165) is 24.3 Å². The van der Waals surface area contributed by atoms with E-state index in [1.165, 1.54) is 30.3 Å². The number of benzene rings is 3. The summed E-state index contributed by atoms with van der Waals surface area (Å²) in [4.78, 5) is 25.3. The van der Waals surface area contributed by atoms with Crippen molar-refractivity contribution in [3.05, 3.63) is 83.4 Å². The highest BCUT2D eigenvalue weighted by Gasteiger charge is 2.82. The van der Waals surface area contributed by atoms with Crippen LogP contribution in [0.2, 0.25) is 0 Å². The van der Waals surface area contributed by atoms with Crippen molar-refractivity contribution in [2.24, 2.45) is 0 Å². The van der Waals surface area contributed by atoms with Gasteiger partial charge in [0.05, 0.1) is 11.1 Å². The van der Waals surface area contributed by atoms with E-state index in [-0.39, 0.29) is 0 Å². The highest BCUT2D eigenvalue weighted by molar-refractivity contribution is 7.87. The number of rotatable bonds is 6. The lowest BCUT2D eigenvalue weighted by molar-refractivity contribution is -0.389. The van der Waals surface area contributed by atoms with Crippen LogP contribution in [0.1, 0.15) is 47.1 Å². The largest absolute Gasteiger partial charge is 0.476 e. The topological polar surface area (TPSA) is 107 Å². The molecule has 1 N–H and O–H groups in total. The summed E-state index contributed by atoms with van der Waals surface area (Å²) in [6.07, 6.45) is -6.54. The minimum absolute atomic E-state index is 0.303. The fraction of sp³-hybridized carbons (Fsp3) is 0.280. The van der Waals surface area contributed by atoms with Crippen LogP contribution in [0.25, 0.3) is 10.8 Å². The molecule has 3 rings (SSSR count). The first-order chi connectivity index (χ1) is 17.3. The van der Waals surface area contributed by atoms with E-state index in [1.54, 1.807) is 32.9 Å². The molecule has 0 aromatic heterocycles. The Morgan fingerprint density at radius 2 is 1.21 bits per heavy atom. The van der Waals surface area contributed by atoms with Crippen molar-refractivity contribution in [2.45, 2.75) is 43.4 Å². The number of halogens is 5. The lowest BCUT2D eigenvalue weighted by Gasteiger charge is -2.37. The van der Waals surface area contributed by atoms with Gasteiger partial charge >= 0.3 is 39.3 Å². The van der Waals surface area contributed by atoms with Gasteiger partial charge < -0.3 is 9.47 Å². The van der Waals surface area contributed by atoms with E-state index in [9.17, 15) is 40.0 Å². The summed E-state index contributed by atoms with van der Waals surface area (Å²) >= 11 is 0. The Morgan fingerprint density at radius 3 is 1.68 bits per heavy atom. The van der Waals surface area contributed by atoms with Crippen molar-refractivity contribution < 1.29 is 54.0 Å². The molecular weight excluding hydrogens is 539 g/mol. The van der Waals surface area contributed by atoms with Gasteiger partial charge in [0.15, 0.2) is 0 Å². The fourth-order valence-electron chi connectivity index (χ4n) is 3.39. The minimum atomic E-state index is -6.97. The predicted molar refractivity (Wildman–Crippen MR) is 125 cm³/mol. The highest BCUT2D eigenvalue weighted by Crippen LogP contribution is 2.49. The van der Waals surface area contributed by atoms with E-state index >= 15 is 0 Å². The van der Waals surface area contributed by atoms with Crippen LogP contribution in [0.15, 0.2) is 66.7 Å². The van der Waals surface area contributed by atoms with E-state index in [1.807, 2.05) is 0 Å². The standard InChI is InChI=1S/C25H21F5O7S/c1-22(2,3)19-12-10-16(11-13-19)20(31)36-23(24(26,27)28,25(29,30)38(33,34)35)37-21(32)18-9-8-15-6-4-5-7-17(15)14-18/h4-14H,1-3H3,(H,33,34,35). The molecule has 0 aliphatic carbocycles. The Kier molecular flexibility index (Phi) is 7.34. The first-order valence-electron chi connectivity index (χ1n) is 10.8. The van der Waals surface area contributed by atoms with Gasteiger partial charge in [-0.3, -0.25) is 4.55 Å². The number of hydrogen-bond acceptors (Lipinski definition) is 6. The van der Waals surface area contributed by atoms with Crippen LogP contribution in [-0.4, -0.2) is 42.1 Å². The van der Waals surface area contributed by atoms with Gasteiger partial charge in [-0.05, 0) is 46.0 Å². The number of hydrogen-bond donors (Lipinski definition) is 1. The van der Waals surface area contributed by atoms with Crippen molar-refractivity contribution in [1.29, 1.82) is 0 Å². The Morgan fingerprint density at radius 1 is 0.737 bits per heavy atom. The lowest BCUT2D eigenvalue weighted by atomic mass is 9.87. The number of ether oxygens (including phenoxy) is 2. The normalized spacial score (nSPS) is 14.6. The molecule has 7 nitrogen and oxygen atoms in total. The van der Waals surface area contributed by atoms with Gasteiger partial charge in [-0.25, -0.2) is 9.59 Å². The summed E-state index contributed by atoms with van der Waals surface area (Å²) in [7, 11) is -6.97. The smallest absolute Gasteiger partial charge is 0.404 e. The van der Waals surface area contributed by atoms with Crippen LogP contribution < -0.4 is 0 Å². The molecule has 0 fully saturated rings. The third-order valence-electron chi connectivity index (χ3n) is 5.52. The van der Waals surface area contributed by atoms with Crippen molar-refractivity contribution in [3.8, 4) is 0 Å². The zero-order valence-electron chi connectivity index (χ0n) is 20.0. The maximum Gasteiger partial charge on any atom is 0.476 e. The summed E-state index contributed by atoms with van der Waals surface area (Å²) in [5.41, 5.74) is -1.23. The Balaban J connectivity index is 2.13. The van der Waals surface area contributed by atoms with Crippen molar-refractivity contribution >= 4 is 32.8 Å². The molecule has 0 heterocycles. The third kappa shape index (κ3) is 5.34. The Labute approximate surface area is 213 Å². The molecule has 0 bridgehead atoms. The molecule has 3 aromatic rings. The Hall–Kier alpha value is -3.58. The van der Waals surface area contributed by atoms with Gasteiger partial charge in [-0.15, -0.1) is 0 Å². The zero-order valence-corrected chi connectivity index (χ0v) is 20.9. The summed E-state index contributed by atoms with van der Waals surface area (Å²) in [5.74, 6) is -9.96. The van der Waals surface area contributed by atoms with E-state index < -0.39 is 55.8 Å². The molecular formula is C25H21F5O7S. The first-order valence-corrected chi connectivity index (χ1v) is 12.2. The summed E-state index contributed by atoms with van der Waals surface area (Å²) < 4.78 is 112. The van der Waals surface area contributed by atoms with Gasteiger partial charge in [0.1, 0.15) is 0 Å². The summed E-state index contributed by atoms with van der Waals surface area (Å²) in [6.45, 7) is 5.36. The third-order valence-corrected chi connectivity index (χ3v) is 6.44. The van der Waals surface area contributed by atoms with E-state index in [4.69, 9.17) is 4.55 Å². The average Bonchev–Trinajstić information content (AvgIpc) is 2.81. The summed E-state index contributed by atoms with van der Waals surface area (Å²) in [5, 5.41) is -5.54. The second-order valence-electron chi connectivity index (χ2n) is 9.27. The van der Waals surface area contributed by atoms with E-state index in [0.29, 0.717) is 16.3 Å². The van der Waals surface area contributed by atoms with Gasteiger partial charge in [-0.2, -0.15) is 30.4 Å². The molecule has 204 valence electrons. The number of carbonyl (C=O) groups excluding carboxylic acids is 2. The number of alkyl halides is 5. The molecule has 0 aliphatic heterocycles. The first kappa shape index (κ1) is 29.0. The number of fused-ring (bicyclic) bond motifs is 1. The maximum absolute atomic E-state index is 14.9. The average molecular weight is 560 g/mol. The second kappa shape index (κ2) is 9.62. The van der Waals surface area contributed by atoms with Gasteiger partial charge in [0.25, 0.3) is 0 Å². The minimum Gasteiger partial charge on any atom is -0.404 e. The highest BCUT2D eigenvalue weighted by atomic mass is 32.2. The molecule has 0 aliphatic rings. The molecule has 38 heavy (non-hydrogen) atoms. The monoisotopic (exact) mass is 560 g/mol. The molecule has 0 radical (unpaired) electrons. The van der Waals surface area contributed by atoms with Gasteiger partial charge in [-0.1, -0.05) is 63.2 Å². The second-order valence-corrected chi connectivity index (χ2v) is 10.7. The molecule has 0 saturated heterocycles. The van der Waals surface area contributed by atoms with Crippen LogP contribution in [0.3, 0.4) is 0 Å². The van der Waals surface area contributed by atoms with Crippen LogP contribution in [-0.2, 0) is 25.0 Å². The molecule has 0 spiro atoms. The van der Waals surface area contributed by atoms with Crippen LogP contribution in [0.4, 0.5) is 22.0 Å². The molecule has 13 heteroatoms. The van der Waals surface area contributed by atoms with Crippen LogP contribution in [0, 0.1) is 0 Å². The van der Waals surface area contributed by atoms with Crippen molar-refractivity contribution in [3.63, 3.8) is 0 Å². The Bertz CT molecular complexity index is 1480. The van der Waals surface area contributed by atoms with Gasteiger partial charge in [0, 0.05) is 0 Å². The summed E-state index contributed by atoms with van der Waals surface area (Å²) in [6, 6.07) is 13.9. The number of esters is 2. The number of carbonyl (C=O) groups is 2. The van der Waals surface area contributed by atoms with Crippen molar-refractivity contribution in [1.82, 2.24) is 0 Å². The van der Waals surface area contributed by atoms with E-state index in [2.05, 4.69) is 9.47 Å². The molecule has 1 atom stereocenters. The van der Waals surface area contributed by atoms with Crippen LogP contribution >= 0.6 is 0 Å². The van der Waals surface area contributed by atoms with Crippen LogP contribution in [0.5, 0.6) is 0 Å². The van der Waals surface area contributed by atoms with Crippen molar-refractivity contribution in [2.75, 3.05) is 0 Å².